The van der Waals surface area contributed by atoms with Crippen LogP contribution in [-0.4, -0.2) is 39.0 Å². The smallest absolute Gasteiger partial charge is 0.230 e. The first kappa shape index (κ1) is 18.9. The number of hydrogen-bond donors (Lipinski definition) is 1. The Morgan fingerprint density at radius 1 is 1.22 bits per heavy atom. The maximum Gasteiger partial charge on any atom is 0.230 e. The highest BCUT2D eigenvalue weighted by Crippen LogP contribution is 2.21. The summed E-state index contributed by atoms with van der Waals surface area (Å²) in [6.45, 7) is 4.46. The molecule has 0 spiro atoms. The highest BCUT2D eigenvalue weighted by Gasteiger charge is 2.13. The van der Waals surface area contributed by atoms with Crippen molar-refractivity contribution in [3.8, 4) is 11.4 Å². The van der Waals surface area contributed by atoms with Crippen molar-refractivity contribution in [2.75, 3.05) is 12.9 Å². The standard InChI is InChI=1S/C19H21N5O2S/c1-13-8-9-16(14(2)10-13)24-19(21-22-23-24)27-12-18(25)20-11-15-6-4-5-7-17(15)26-3/h4-10H,11-12H2,1-3H3,(H,20,25). The molecule has 0 unspecified atom stereocenters. The highest BCUT2D eigenvalue weighted by molar-refractivity contribution is 7.99. The van der Waals surface area contributed by atoms with Crippen molar-refractivity contribution >= 4 is 17.7 Å². The van der Waals surface area contributed by atoms with E-state index in [2.05, 4.69) is 26.9 Å². The second-order valence-electron chi connectivity index (χ2n) is 6.04. The number of amides is 1. The van der Waals surface area contributed by atoms with Crippen LogP contribution in [0.4, 0.5) is 0 Å². The molecule has 0 saturated heterocycles. The van der Waals surface area contributed by atoms with Crippen LogP contribution in [0.25, 0.3) is 5.69 Å². The quantitative estimate of drug-likeness (QED) is 0.632. The van der Waals surface area contributed by atoms with Gasteiger partial charge in [-0.15, -0.1) is 5.10 Å². The van der Waals surface area contributed by atoms with Crippen LogP contribution in [0, 0.1) is 13.8 Å². The summed E-state index contributed by atoms with van der Waals surface area (Å²) in [4.78, 5) is 12.2. The molecule has 140 valence electrons. The van der Waals surface area contributed by atoms with Gasteiger partial charge in [0.05, 0.1) is 18.6 Å². The molecule has 1 aromatic heterocycles. The summed E-state index contributed by atoms with van der Waals surface area (Å²) in [5.74, 6) is 0.880. The zero-order valence-electron chi connectivity index (χ0n) is 15.5. The third-order valence-electron chi connectivity index (χ3n) is 4.02. The van der Waals surface area contributed by atoms with Gasteiger partial charge in [-0.3, -0.25) is 4.79 Å². The molecule has 27 heavy (non-hydrogen) atoms. The van der Waals surface area contributed by atoms with Gasteiger partial charge in [0.25, 0.3) is 0 Å². The van der Waals surface area contributed by atoms with Gasteiger partial charge in [-0.2, -0.15) is 4.68 Å². The SMILES string of the molecule is COc1ccccc1CNC(=O)CSc1nnnn1-c1ccc(C)cc1C. The second kappa shape index (κ2) is 8.68. The third kappa shape index (κ3) is 4.65. The number of methoxy groups -OCH3 is 1. The van der Waals surface area contributed by atoms with E-state index in [9.17, 15) is 4.79 Å². The average molecular weight is 383 g/mol. The molecule has 0 aliphatic heterocycles. The first-order valence-electron chi connectivity index (χ1n) is 8.46. The fourth-order valence-corrected chi connectivity index (χ4v) is 3.40. The van der Waals surface area contributed by atoms with Gasteiger partial charge in [-0.1, -0.05) is 47.7 Å². The van der Waals surface area contributed by atoms with Gasteiger partial charge in [0.2, 0.25) is 11.1 Å². The van der Waals surface area contributed by atoms with Crippen LogP contribution in [0.2, 0.25) is 0 Å². The Hall–Kier alpha value is -2.87. The van der Waals surface area contributed by atoms with Crippen molar-refractivity contribution in [2.45, 2.75) is 25.5 Å². The maximum absolute atomic E-state index is 12.2. The Morgan fingerprint density at radius 3 is 2.81 bits per heavy atom. The molecular weight excluding hydrogens is 362 g/mol. The zero-order valence-corrected chi connectivity index (χ0v) is 16.3. The van der Waals surface area contributed by atoms with E-state index in [0.29, 0.717) is 11.7 Å². The van der Waals surface area contributed by atoms with Gasteiger partial charge in [0.15, 0.2) is 0 Å². The molecule has 0 aliphatic carbocycles. The van der Waals surface area contributed by atoms with E-state index in [-0.39, 0.29) is 11.7 Å². The van der Waals surface area contributed by atoms with Crippen LogP contribution in [0.3, 0.4) is 0 Å². The molecule has 0 saturated carbocycles. The largest absolute Gasteiger partial charge is 0.496 e. The molecule has 0 atom stereocenters. The number of carbonyl (C=O) groups is 1. The molecule has 0 bridgehead atoms. The second-order valence-corrected chi connectivity index (χ2v) is 6.98. The van der Waals surface area contributed by atoms with Crippen molar-refractivity contribution in [1.29, 1.82) is 0 Å². The molecule has 0 radical (unpaired) electrons. The minimum absolute atomic E-state index is 0.0962. The Kier molecular flexibility index (Phi) is 6.08. The lowest BCUT2D eigenvalue weighted by Gasteiger charge is -2.10. The monoisotopic (exact) mass is 383 g/mol. The maximum atomic E-state index is 12.2. The third-order valence-corrected chi connectivity index (χ3v) is 4.94. The number of benzene rings is 2. The minimum atomic E-state index is -0.0962. The van der Waals surface area contributed by atoms with E-state index in [1.165, 1.54) is 17.3 Å². The van der Waals surface area contributed by atoms with Gasteiger partial charge >= 0.3 is 0 Å². The van der Waals surface area contributed by atoms with E-state index < -0.39 is 0 Å². The van der Waals surface area contributed by atoms with Gasteiger partial charge < -0.3 is 10.1 Å². The average Bonchev–Trinajstić information content (AvgIpc) is 3.13. The van der Waals surface area contributed by atoms with E-state index in [0.717, 1.165) is 22.6 Å². The predicted octanol–water partition coefficient (Wildman–Crippen LogP) is 2.70. The lowest BCUT2D eigenvalue weighted by Crippen LogP contribution is -2.25. The van der Waals surface area contributed by atoms with Crippen LogP contribution in [0.1, 0.15) is 16.7 Å². The van der Waals surface area contributed by atoms with Crippen molar-refractivity contribution in [1.82, 2.24) is 25.5 Å². The molecular formula is C19H21N5O2S. The number of rotatable bonds is 7. The summed E-state index contributed by atoms with van der Waals surface area (Å²) in [5, 5.41) is 15.3. The van der Waals surface area contributed by atoms with Crippen molar-refractivity contribution in [3.05, 3.63) is 59.2 Å². The number of nitrogens with one attached hydrogen (secondary N) is 1. The molecule has 2 aromatic carbocycles. The Balaban J connectivity index is 1.61. The molecule has 8 heteroatoms. The van der Waals surface area contributed by atoms with Gasteiger partial charge in [0.1, 0.15) is 5.75 Å². The van der Waals surface area contributed by atoms with Crippen LogP contribution in [-0.2, 0) is 11.3 Å². The number of nitrogens with zero attached hydrogens (tertiary/aromatic N) is 4. The van der Waals surface area contributed by atoms with Crippen molar-refractivity contribution in [3.63, 3.8) is 0 Å². The number of para-hydroxylation sites is 1. The summed E-state index contributed by atoms with van der Waals surface area (Å²) >= 11 is 1.30. The highest BCUT2D eigenvalue weighted by atomic mass is 32.2. The number of aromatic nitrogens is 4. The summed E-state index contributed by atoms with van der Waals surface area (Å²) in [6, 6.07) is 13.7. The lowest BCUT2D eigenvalue weighted by atomic mass is 10.1. The Labute approximate surface area is 162 Å². The van der Waals surface area contributed by atoms with Crippen LogP contribution in [0.15, 0.2) is 47.6 Å². The molecule has 0 aliphatic rings. The normalized spacial score (nSPS) is 10.6. The van der Waals surface area contributed by atoms with Crippen molar-refractivity contribution in [2.24, 2.45) is 0 Å². The zero-order chi connectivity index (χ0) is 19.2. The molecule has 1 N–H and O–H groups in total. The molecule has 3 rings (SSSR count). The Bertz CT molecular complexity index is 941. The van der Waals surface area contributed by atoms with E-state index in [4.69, 9.17) is 4.74 Å². The summed E-state index contributed by atoms with van der Waals surface area (Å²) < 4.78 is 6.95. The number of ether oxygens (including phenoxy) is 1. The first-order valence-corrected chi connectivity index (χ1v) is 9.44. The van der Waals surface area contributed by atoms with Gasteiger partial charge in [0, 0.05) is 12.1 Å². The fraction of sp³-hybridized carbons (Fsp3) is 0.263. The van der Waals surface area contributed by atoms with Crippen LogP contribution < -0.4 is 10.1 Å². The molecule has 3 aromatic rings. The van der Waals surface area contributed by atoms with Crippen molar-refractivity contribution < 1.29 is 9.53 Å². The molecule has 1 heterocycles. The first-order chi connectivity index (χ1) is 13.1. The summed E-state index contributed by atoms with van der Waals surface area (Å²) in [6.07, 6.45) is 0. The topological polar surface area (TPSA) is 81.9 Å². The van der Waals surface area contributed by atoms with E-state index in [1.807, 2.05) is 50.2 Å². The molecule has 1 amide bonds. The number of thioether (sulfide) groups is 1. The Morgan fingerprint density at radius 2 is 2.04 bits per heavy atom. The fourth-order valence-electron chi connectivity index (χ4n) is 2.69. The van der Waals surface area contributed by atoms with Crippen LogP contribution >= 0.6 is 11.8 Å². The van der Waals surface area contributed by atoms with E-state index in [1.54, 1.807) is 11.8 Å². The number of tetrazole rings is 1. The van der Waals surface area contributed by atoms with Gasteiger partial charge in [-0.05, 0) is 42.0 Å². The predicted molar refractivity (Wildman–Crippen MR) is 104 cm³/mol. The van der Waals surface area contributed by atoms with Crippen LogP contribution in [0.5, 0.6) is 5.75 Å². The molecule has 0 fully saturated rings. The van der Waals surface area contributed by atoms with E-state index >= 15 is 0 Å². The lowest BCUT2D eigenvalue weighted by molar-refractivity contribution is -0.118. The summed E-state index contributed by atoms with van der Waals surface area (Å²) in [7, 11) is 1.61. The van der Waals surface area contributed by atoms with Gasteiger partial charge in [-0.25, -0.2) is 0 Å². The number of hydrogen-bond acceptors (Lipinski definition) is 6. The summed E-state index contributed by atoms with van der Waals surface area (Å²) in [5.41, 5.74) is 4.08. The molecule has 7 nitrogen and oxygen atoms in total. The number of carbonyl (C=O) groups excluding carboxylic acids is 1. The number of aryl methyl sites for hydroxylation is 2. The minimum Gasteiger partial charge on any atom is -0.496 e.